The second-order valence-electron chi connectivity index (χ2n) is 5.34. The summed E-state index contributed by atoms with van der Waals surface area (Å²) < 4.78 is 29.5. The number of Topliss-reactive ketones (excluding diaryl/α,β-unsaturated/α-hetero) is 1. The second kappa shape index (κ2) is 8.64. The highest BCUT2D eigenvalue weighted by Gasteiger charge is 2.09. The number of carbonyl (C=O) groups excluding carboxylic acids is 2. The third kappa shape index (κ3) is 6.34. The molecule has 0 atom stereocenters. The summed E-state index contributed by atoms with van der Waals surface area (Å²) in [6.07, 6.45) is 3.72. The number of esters is 1. The van der Waals surface area contributed by atoms with Crippen LogP contribution in [-0.2, 0) is 19.6 Å². The number of sulfonamides is 1. The fourth-order valence-corrected chi connectivity index (χ4v) is 2.74. The van der Waals surface area contributed by atoms with Crippen molar-refractivity contribution in [3.8, 4) is 0 Å². The van der Waals surface area contributed by atoms with Crippen LogP contribution in [0.4, 0.5) is 5.69 Å². The van der Waals surface area contributed by atoms with E-state index in [-0.39, 0.29) is 0 Å². The van der Waals surface area contributed by atoms with Crippen molar-refractivity contribution < 1.29 is 22.7 Å². The number of benzene rings is 2. The van der Waals surface area contributed by atoms with E-state index in [4.69, 9.17) is 16.3 Å². The average molecular weight is 394 g/mol. The molecule has 2 aromatic rings. The zero-order valence-corrected chi connectivity index (χ0v) is 15.4. The van der Waals surface area contributed by atoms with Crippen molar-refractivity contribution in [3.05, 3.63) is 70.8 Å². The molecule has 0 saturated heterocycles. The van der Waals surface area contributed by atoms with Gasteiger partial charge in [0.25, 0.3) is 0 Å². The van der Waals surface area contributed by atoms with Gasteiger partial charge in [-0.25, -0.2) is 13.2 Å². The first-order valence-electron chi connectivity index (χ1n) is 7.45. The molecule has 6 nitrogen and oxygen atoms in total. The Morgan fingerprint density at radius 3 is 2.38 bits per heavy atom. The molecule has 2 rings (SSSR count). The van der Waals surface area contributed by atoms with Gasteiger partial charge < -0.3 is 4.74 Å². The van der Waals surface area contributed by atoms with Gasteiger partial charge >= 0.3 is 5.97 Å². The Balaban J connectivity index is 1.90. The molecule has 0 aliphatic rings. The van der Waals surface area contributed by atoms with Crippen LogP contribution in [0.25, 0.3) is 6.08 Å². The average Bonchev–Trinajstić information content (AvgIpc) is 2.58. The fraction of sp³-hybridized carbons (Fsp3) is 0.111. The van der Waals surface area contributed by atoms with E-state index in [1.54, 1.807) is 24.3 Å². The van der Waals surface area contributed by atoms with Gasteiger partial charge in [0.1, 0.15) is 0 Å². The van der Waals surface area contributed by atoms with Crippen molar-refractivity contribution in [1.29, 1.82) is 0 Å². The maximum absolute atomic E-state index is 12.0. The van der Waals surface area contributed by atoms with E-state index in [1.807, 2.05) is 0 Å². The number of hydrogen-bond acceptors (Lipinski definition) is 5. The predicted molar refractivity (Wildman–Crippen MR) is 101 cm³/mol. The number of halogens is 1. The van der Waals surface area contributed by atoms with Gasteiger partial charge in [0.15, 0.2) is 12.4 Å². The minimum absolute atomic E-state index is 0.298. The zero-order valence-electron chi connectivity index (χ0n) is 13.8. The van der Waals surface area contributed by atoms with Gasteiger partial charge in [-0.2, -0.15) is 0 Å². The molecule has 0 unspecified atom stereocenters. The Kier molecular flexibility index (Phi) is 6.54. The lowest BCUT2D eigenvalue weighted by Gasteiger charge is -2.05. The third-order valence-corrected chi connectivity index (χ3v) is 4.11. The van der Waals surface area contributed by atoms with Crippen LogP contribution in [0.15, 0.2) is 54.6 Å². The standard InChI is InChI=1S/C18H16ClNO5S/c1-26(23,24)20-15-9-6-14(7-10-15)17(21)12-25-18(22)11-8-13-4-2-3-5-16(13)19/h2-11,20H,12H2,1H3/b11-8+. The van der Waals surface area contributed by atoms with E-state index in [0.29, 0.717) is 21.8 Å². The molecule has 26 heavy (non-hydrogen) atoms. The Bertz CT molecular complexity index is 936. The van der Waals surface area contributed by atoms with E-state index < -0.39 is 28.4 Å². The number of ketones is 1. The third-order valence-electron chi connectivity index (χ3n) is 3.16. The zero-order chi connectivity index (χ0) is 19.2. The van der Waals surface area contributed by atoms with Crippen LogP contribution in [0, 0.1) is 0 Å². The van der Waals surface area contributed by atoms with E-state index in [0.717, 1.165) is 6.26 Å². The Morgan fingerprint density at radius 1 is 1.12 bits per heavy atom. The summed E-state index contributed by atoms with van der Waals surface area (Å²) in [6.45, 7) is -0.426. The first-order valence-corrected chi connectivity index (χ1v) is 9.72. The number of nitrogens with one attached hydrogen (secondary N) is 1. The van der Waals surface area contributed by atoms with E-state index in [2.05, 4.69) is 4.72 Å². The molecule has 136 valence electrons. The molecule has 0 amide bonds. The molecular weight excluding hydrogens is 378 g/mol. The topological polar surface area (TPSA) is 89.5 Å². The molecule has 0 fully saturated rings. The first kappa shape index (κ1) is 19.7. The van der Waals surface area contributed by atoms with Crippen LogP contribution < -0.4 is 4.72 Å². The van der Waals surface area contributed by atoms with E-state index in [1.165, 1.54) is 36.4 Å². The minimum Gasteiger partial charge on any atom is -0.454 e. The molecule has 0 aliphatic carbocycles. The lowest BCUT2D eigenvalue weighted by Crippen LogP contribution is -2.13. The van der Waals surface area contributed by atoms with Gasteiger partial charge in [-0.05, 0) is 42.0 Å². The highest BCUT2D eigenvalue weighted by molar-refractivity contribution is 7.92. The van der Waals surface area contributed by atoms with Crippen LogP contribution in [0.5, 0.6) is 0 Å². The van der Waals surface area contributed by atoms with Gasteiger partial charge in [0.05, 0.1) is 6.26 Å². The highest BCUT2D eigenvalue weighted by atomic mass is 35.5. The lowest BCUT2D eigenvalue weighted by molar-refractivity contribution is -0.136. The molecule has 0 radical (unpaired) electrons. The molecule has 8 heteroatoms. The van der Waals surface area contributed by atoms with Gasteiger partial charge in [-0.3, -0.25) is 9.52 Å². The van der Waals surface area contributed by atoms with Crippen LogP contribution in [0.1, 0.15) is 15.9 Å². The summed E-state index contributed by atoms with van der Waals surface area (Å²) >= 11 is 5.97. The SMILES string of the molecule is CS(=O)(=O)Nc1ccc(C(=O)COC(=O)/C=C/c2ccccc2Cl)cc1. The molecule has 2 aromatic carbocycles. The van der Waals surface area contributed by atoms with Crippen molar-refractivity contribution in [1.82, 2.24) is 0 Å². The largest absolute Gasteiger partial charge is 0.454 e. The van der Waals surface area contributed by atoms with Crippen molar-refractivity contribution in [2.45, 2.75) is 0 Å². The molecule has 0 aromatic heterocycles. The van der Waals surface area contributed by atoms with Crippen molar-refractivity contribution in [2.24, 2.45) is 0 Å². The molecular formula is C18H16ClNO5S. The quantitative estimate of drug-likeness (QED) is 0.443. The van der Waals surface area contributed by atoms with E-state index >= 15 is 0 Å². The van der Waals surface area contributed by atoms with Crippen molar-refractivity contribution >= 4 is 45.1 Å². The molecule has 0 bridgehead atoms. The number of ether oxygens (including phenoxy) is 1. The summed E-state index contributed by atoms with van der Waals surface area (Å²) in [5, 5.41) is 0.496. The maximum atomic E-state index is 12.0. The second-order valence-corrected chi connectivity index (χ2v) is 7.49. The normalized spacial score (nSPS) is 11.3. The number of carbonyl (C=O) groups is 2. The molecule has 0 spiro atoms. The summed E-state index contributed by atoms with van der Waals surface area (Å²) in [7, 11) is -3.39. The van der Waals surface area contributed by atoms with Crippen LogP contribution in [0.2, 0.25) is 5.02 Å². The van der Waals surface area contributed by atoms with Crippen molar-refractivity contribution in [2.75, 3.05) is 17.6 Å². The number of rotatable bonds is 7. The lowest BCUT2D eigenvalue weighted by atomic mass is 10.1. The van der Waals surface area contributed by atoms with Gasteiger partial charge in [-0.15, -0.1) is 0 Å². The molecule has 0 aliphatic heterocycles. The minimum atomic E-state index is -3.39. The predicted octanol–water partition coefficient (Wildman–Crippen LogP) is 3.15. The Hall–Kier alpha value is -2.64. The summed E-state index contributed by atoms with van der Waals surface area (Å²) in [5.41, 5.74) is 1.29. The Labute approximate surface area is 156 Å². The molecule has 0 saturated carbocycles. The van der Waals surface area contributed by atoms with Crippen LogP contribution in [-0.4, -0.2) is 33.0 Å². The van der Waals surface area contributed by atoms with Crippen LogP contribution in [0.3, 0.4) is 0 Å². The number of hydrogen-bond donors (Lipinski definition) is 1. The van der Waals surface area contributed by atoms with E-state index in [9.17, 15) is 18.0 Å². The van der Waals surface area contributed by atoms with Gasteiger partial charge in [0.2, 0.25) is 10.0 Å². The van der Waals surface area contributed by atoms with Gasteiger partial charge in [0, 0.05) is 22.3 Å². The van der Waals surface area contributed by atoms with Crippen molar-refractivity contribution in [3.63, 3.8) is 0 Å². The highest BCUT2D eigenvalue weighted by Crippen LogP contribution is 2.16. The summed E-state index contributed by atoms with van der Waals surface area (Å²) in [5.74, 6) is -1.08. The van der Waals surface area contributed by atoms with Crippen LogP contribution >= 0.6 is 11.6 Å². The number of anilines is 1. The monoisotopic (exact) mass is 393 g/mol. The molecule has 0 heterocycles. The van der Waals surface area contributed by atoms with Gasteiger partial charge in [-0.1, -0.05) is 29.8 Å². The molecule has 1 N–H and O–H groups in total. The Morgan fingerprint density at radius 2 is 1.77 bits per heavy atom. The summed E-state index contributed by atoms with van der Waals surface area (Å²) in [6, 6.07) is 12.8. The summed E-state index contributed by atoms with van der Waals surface area (Å²) in [4.78, 5) is 23.7. The maximum Gasteiger partial charge on any atom is 0.331 e. The fourth-order valence-electron chi connectivity index (χ4n) is 1.97. The first-order chi connectivity index (χ1) is 12.2. The smallest absolute Gasteiger partial charge is 0.331 e.